The minimum Gasteiger partial charge on any atom is -0.272 e. The summed E-state index contributed by atoms with van der Waals surface area (Å²) >= 11 is 0. The Bertz CT molecular complexity index is 1270. The van der Waals surface area contributed by atoms with E-state index in [4.69, 9.17) is 15.2 Å². The molecule has 2 aliphatic rings. The van der Waals surface area contributed by atoms with Crippen LogP contribution in [0, 0.1) is 42.8 Å². The highest BCUT2D eigenvalue weighted by Crippen LogP contribution is 2.37. The number of hydrogen-bond acceptors (Lipinski definition) is 5. The quantitative estimate of drug-likeness (QED) is 0.567. The van der Waals surface area contributed by atoms with Crippen LogP contribution in [0.3, 0.4) is 0 Å². The Labute approximate surface area is 198 Å². The number of hydrogen-bond donors (Lipinski definition) is 0. The summed E-state index contributed by atoms with van der Waals surface area (Å²) in [5.41, 5.74) is 4.90. The molecular formula is C26H28FN5O2. The fraction of sp³-hybridized carbons (Fsp3) is 0.462. The Morgan fingerprint density at radius 1 is 1.18 bits per heavy atom. The lowest BCUT2D eigenvalue weighted by molar-refractivity contribution is -0.183. The summed E-state index contributed by atoms with van der Waals surface area (Å²) in [5, 5.41) is 15.3. The van der Waals surface area contributed by atoms with Gasteiger partial charge in [0.15, 0.2) is 5.65 Å². The Hall–Kier alpha value is -3.31. The van der Waals surface area contributed by atoms with Gasteiger partial charge in [-0.05, 0) is 87.3 Å². The van der Waals surface area contributed by atoms with Gasteiger partial charge >= 0.3 is 0 Å². The number of fused-ring (bicyclic) bond motifs is 1. The molecule has 2 fully saturated rings. The Morgan fingerprint density at radius 2 is 1.97 bits per heavy atom. The number of aromatic nitrogens is 3. The van der Waals surface area contributed by atoms with Gasteiger partial charge in [-0.1, -0.05) is 0 Å². The first kappa shape index (κ1) is 22.5. The zero-order chi connectivity index (χ0) is 23.8. The second kappa shape index (κ2) is 9.15. The van der Waals surface area contributed by atoms with Crippen LogP contribution in [0.4, 0.5) is 4.39 Å². The molecule has 0 N–H and O–H groups in total. The van der Waals surface area contributed by atoms with Crippen LogP contribution in [0.2, 0.25) is 0 Å². The molecule has 1 saturated heterocycles. The molecule has 0 bridgehead atoms. The molecule has 1 amide bonds. The third kappa shape index (κ3) is 4.40. The lowest BCUT2D eigenvalue weighted by Crippen LogP contribution is -2.36. The smallest absolute Gasteiger partial charge is 0.249 e. The summed E-state index contributed by atoms with van der Waals surface area (Å²) < 4.78 is 15.8. The second-order valence-electron chi connectivity index (χ2n) is 9.58. The van der Waals surface area contributed by atoms with E-state index in [-0.39, 0.29) is 23.4 Å². The Balaban J connectivity index is 1.23. The van der Waals surface area contributed by atoms with Gasteiger partial charge in [0.05, 0.1) is 41.9 Å². The standard InChI is InChI=1S/C26H28FN5O2/c1-16-9-23(30-31-15-17(2)29-25(16)31)12-18-3-5-20(6-4-18)26(33)32-24(7-8-34-32)21-10-19(14-28)11-22(27)13-21/h9-11,13,15,18,20,24H,3-8,12H2,1-2H3/t18-,20-,24-/m0/s1. The lowest BCUT2D eigenvalue weighted by atomic mass is 9.79. The third-order valence-corrected chi connectivity index (χ3v) is 7.03. The summed E-state index contributed by atoms with van der Waals surface area (Å²) in [5.74, 6) is -0.126. The van der Waals surface area contributed by atoms with Crippen LogP contribution in [0.15, 0.2) is 30.5 Å². The van der Waals surface area contributed by atoms with E-state index >= 15 is 0 Å². The Kier molecular flexibility index (Phi) is 6.05. The number of halogens is 1. The molecule has 34 heavy (non-hydrogen) atoms. The van der Waals surface area contributed by atoms with Crippen LogP contribution in [-0.2, 0) is 16.1 Å². The third-order valence-electron chi connectivity index (χ3n) is 7.03. The van der Waals surface area contributed by atoms with Crippen molar-refractivity contribution in [2.45, 2.75) is 58.4 Å². The fourth-order valence-electron chi connectivity index (χ4n) is 5.36. The molecule has 2 aromatic heterocycles. The van der Waals surface area contributed by atoms with Crippen molar-refractivity contribution < 1.29 is 14.0 Å². The van der Waals surface area contributed by atoms with E-state index in [1.165, 1.54) is 17.2 Å². The molecule has 1 saturated carbocycles. The van der Waals surface area contributed by atoms with Gasteiger partial charge in [0.25, 0.3) is 0 Å². The molecule has 176 valence electrons. The van der Waals surface area contributed by atoms with Crippen LogP contribution >= 0.6 is 0 Å². The lowest BCUT2D eigenvalue weighted by Gasteiger charge is -2.32. The normalized spacial score (nSPS) is 22.8. The van der Waals surface area contributed by atoms with Crippen molar-refractivity contribution in [3.05, 3.63) is 64.4 Å². The van der Waals surface area contributed by atoms with Crippen molar-refractivity contribution in [2.24, 2.45) is 11.8 Å². The van der Waals surface area contributed by atoms with E-state index in [0.29, 0.717) is 24.5 Å². The number of aryl methyl sites for hydroxylation is 2. The molecular weight excluding hydrogens is 433 g/mol. The van der Waals surface area contributed by atoms with Crippen molar-refractivity contribution >= 4 is 11.6 Å². The summed E-state index contributed by atoms with van der Waals surface area (Å²) in [6.45, 7) is 4.44. The van der Waals surface area contributed by atoms with Crippen LogP contribution in [0.5, 0.6) is 0 Å². The predicted octanol–water partition coefficient (Wildman–Crippen LogP) is 4.61. The highest BCUT2D eigenvalue weighted by atomic mass is 19.1. The van der Waals surface area contributed by atoms with E-state index in [0.717, 1.165) is 54.7 Å². The first-order valence-electron chi connectivity index (χ1n) is 11.9. The number of carbonyl (C=O) groups excluding carboxylic acids is 1. The average Bonchev–Trinajstić information content (AvgIpc) is 3.45. The van der Waals surface area contributed by atoms with Crippen LogP contribution in [0.25, 0.3) is 5.65 Å². The minimum atomic E-state index is -0.471. The number of hydroxylamine groups is 2. The number of imidazole rings is 1. The zero-order valence-electron chi connectivity index (χ0n) is 19.5. The van der Waals surface area contributed by atoms with Crippen molar-refractivity contribution in [3.8, 4) is 6.07 Å². The molecule has 0 unspecified atom stereocenters. The summed E-state index contributed by atoms with van der Waals surface area (Å²) in [6, 6.07) is 7.99. The van der Waals surface area contributed by atoms with Crippen LogP contribution < -0.4 is 0 Å². The maximum Gasteiger partial charge on any atom is 0.249 e. The molecule has 1 aliphatic heterocycles. The summed E-state index contributed by atoms with van der Waals surface area (Å²) in [4.78, 5) is 23.5. The van der Waals surface area contributed by atoms with Crippen molar-refractivity contribution in [2.75, 3.05) is 6.61 Å². The minimum absolute atomic E-state index is 0.0343. The fourth-order valence-corrected chi connectivity index (χ4v) is 5.36. The average molecular weight is 462 g/mol. The molecule has 7 nitrogen and oxygen atoms in total. The van der Waals surface area contributed by atoms with Gasteiger partial charge in [-0.3, -0.25) is 9.63 Å². The van der Waals surface area contributed by atoms with Gasteiger partial charge < -0.3 is 0 Å². The molecule has 1 atom stereocenters. The van der Waals surface area contributed by atoms with Gasteiger partial charge in [0, 0.05) is 12.3 Å². The van der Waals surface area contributed by atoms with Gasteiger partial charge in [-0.15, -0.1) is 0 Å². The molecule has 5 rings (SSSR count). The molecule has 3 heterocycles. The van der Waals surface area contributed by atoms with Crippen molar-refractivity contribution in [3.63, 3.8) is 0 Å². The van der Waals surface area contributed by atoms with Crippen LogP contribution in [0.1, 0.15) is 66.2 Å². The number of rotatable bonds is 4. The van der Waals surface area contributed by atoms with Gasteiger partial charge in [0.2, 0.25) is 5.91 Å². The summed E-state index contributed by atoms with van der Waals surface area (Å²) in [6.07, 6.45) is 6.94. The Morgan fingerprint density at radius 3 is 2.74 bits per heavy atom. The van der Waals surface area contributed by atoms with E-state index in [1.807, 2.05) is 23.7 Å². The zero-order valence-corrected chi connectivity index (χ0v) is 19.5. The first-order valence-corrected chi connectivity index (χ1v) is 11.9. The van der Waals surface area contributed by atoms with E-state index in [2.05, 4.69) is 18.0 Å². The number of amides is 1. The molecule has 0 spiro atoms. The van der Waals surface area contributed by atoms with Crippen molar-refractivity contribution in [1.82, 2.24) is 19.7 Å². The molecule has 1 aliphatic carbocycles. The van der Waals surface area contributed by atoms with Gasteiger partial charge in [-0.25, -0.2) is 19.0 Å². The molecule has 0 radical (unpaired) electrons. The van der Waals surface area contributed by atoms with E-state index in [9.17, 15) is 9.18 Å². The molecule has 3 aromatic rings. The molecule has 1 aromatic carbocycles. The monoisotopic (exact) mass is 461 g/mol. The maximum atomic E-state index is 14.0. The SMILES string of the molecule is Cc1cn2nc(C[C@H]3CC[C@H](C(=O)N4OCC[C@H]4c4cc(F)cc(C#N)c4)CC3)cc(C)c2n1. The number of benzene rings is 1. The largest absolute Gasteiger partial charge is 0.272 e. The summed E-state index contributed by atoms with van der Waals surface area (Å²) in [7, 11) is 0. The number of nitrogens with zero attached hydrogens (tertiary/aromatic N) is 5. The predicted molar refractivity (Wildman–Crippen MR) is 123 cm³/mol. The first-order chi connectivity index (χ1) is 16.4. The van der Waals surface area contributed by atoms with Gasteiger partial charge in [-0.2, -0.15) is 10.4 Å². The number of carbonyl (C=O) groups is 1. The topological polar surface area (TPSA) is 83.5 Å². The molecule has 8 heteroatoms. The van der Waals surface area contributed by atoms with Gasteiger partial charge in [0.1, 0.15) is 5.82 Å². The number of nitriles is 1. The van der Waals surface area contributed by atoms with Crippen LogP contribution in [-0.4, -0.2) is 32.2 Å². The maximum absolute atomic E-state index is 14.0. The van der Waals surface area contributed by atoms with E-state index in [1.54, 1.807) is 6.07 Å². The highest BCUT2D eigenvalue weighted by molar-refractivity contribution is 5.78. The van der Waals surface area contributed by atoms with Crippen molar-refractivity contribution in [1.29, 1.82) is 5.26 Å². The second-order valence-corrected chi connectivity index (χ2v) is 9.58. The highest BCUT2D eigenvalue weighted by Gasteiger charge is 2.37. The van der Waals surface area contributed by atoms with E-state index < -0.39 is 5.82 Å².